The standard InChI is InChI=1S/C16H22N2OS/c1-14(19)17-9-7-16(8-10-17)18(11-12-20-16)13-15-5-3-2-4-6-15/h2-6H,7-13H2,1H3. The molecular weight excluding hydrogens is 268 g/mol. The summed E-state index contributed by atoms with van der Waals surface area (Å²) in [5.41, 5.74) is 1.39. The highest BCUT2D eigenvalue weighted by molar-refractivity contribution is 8.00. The fourth-order valence-corrected chi connectivity index (χ4v) is 4.80. The molecule has 1 aromatic rings. The lowest BCUT2D eigenvalue weighted by Gasteiger charge is -2.44. The Hall–Kier alpha value is -1.00. The van der Waals surface area contributed by atoms with Crippen molar-refractivity contribution in [2.45, 2.75) is 31.2 Å². The number of piperidine rings is 1. The molecule has 2 aliphatic heterocycles. The van der Waals surface area contributed by atoms with Gasteiger partial charge < -0.3 is 4.90 Å². The van der Waals surface area contributed by atoms with Gasteiger partial charge in [-0.25, -0.2) is 0 Å². The van der Waals surface area contributed by atoms with E-state index in [-0.39, 0.29) is 10.8 Å². The van der Waals surface area contributed by atoms with E-state index in [0.29, 0.717) is 0 Å². The van der Waals surface area contributed by atoms with E-state index in [4.69, 9.17) is 0 Å². The maximum Gasteiger partial charge on any atom is 0.219 e. The number of benzene rings is 1. The summed E-state index contributed by atoms with van der Waals surface area (Å²) in [5, 5.41) is 0. The predicted molar refractivity (Wildman–Crippen MR) is 83.5 cm³/mol. The first kappa shape index (κ1) is 14.0. The molecule has 20 heavy (non-hydrogen) atoms. The molecule has 2 heterocycles. The first-order valence-corrected chi connectivity index (χ1v) is 8.37. The minimum Gasteiger partial charge on any atom is -0.343 e. The maximum atomic E-state index is 11.5. The third kappa shape index (κ3) is 2.72. The van der Waals surface area contributed by atoms with Gasteiger partial charge in [0.15, 0.2) is 0 Å². The lowest BCUT2D eigenvalue weighted by atomic mass is 10.0. The summed E-state index contributed by atoms with van der Waals surface area (Å²) >= 11 is 2.09. The van der Waals surface area contributed by atoms with Gasteiger partial charge in [0.05, 0.1) is 4.87 Å². The Kier molecular flexibility index (Phi) is 4.03. The molecule has 4 heteroatoms. The second-order valence-electron chi connectivity index (χ2n) is 5.71. The van der Waals surface area contributed by atoms with Gasteiger partial charge in [-0.05, 0) is 18.4 Å². The van der Waals surface area contributed by atoms with Crippen molar-refractivity contribution in [3.8, 4) is 0 Å². The summed E-state index contributed by atoms with van der Waals surface area (Å²) in [6.07, 6.45) is 2.20. The van der Waals surface area contributed by atoms with Crippen LogP contribution >= 0.6 is 11.8 Å². The molecule has 0 aliphatic carbocycles. The van der Waals surface area contributed by atoms with E-state index in [2.05, 4.69) is 47.0 Å². The van der Waals surface area contributed by atoms with Gasteiger partial charge in [-0.15, -0.1) is 11.8 Å². The second kappa shape index (κ2) is 5.78. The largest absolute Gasteiger partial charge is 0.343 e. The number of likely N-dealkylation sites (tertiary alicyclic amines) is 1. The Morgan fingerprint density at radius 3 is 2.55 bits per heavy atom. The Morgan fingerprint density at radius 1 is 1.20 bits per heavy atom. The normalized spacial score (nSPS) is 22.4. The van der Waals surface area contributed by atoms with E-state index in [1.165, 1.54) is 17.9 Å². The molecule has 108 valence electrons. The van der Waals surface area contributed by atoms with Crippen molar-refractivity contribution in [3.05, 3.63) is 35.9 Å². The number of carbonyl (C=O) groups excluding carboxylic acids is 1. The number of nitrogens with zero attached hydrogens (tertiary/aromatic N) is 2. The Bertz CT molecular complexity index is 469. The Balaban J connectivity index is 1.68. The van der Waals surface area contributed by atoms with Gasteiger partial charge in [-0.2, -0.15) is 0 Å². The maximum absolute atomic E-state index is 11.5. The highest BCUT2D eigenvalue weighted by Crippen LogP contribution is 2.44. The quantitative estimate of drug-likeness (QED) is 0.836. The summed E-state index contributed by atoms with van der Waals surface area (Å²) in [7, 11) is 0. The fraction of sp³-hybridized carbons (Fsp3) is 0.562. The zero-order chi connectivity index (χ0) is 14.0. The number of rotatable bonds is 2. The van der Waals surface area contributed by atoms with Crippen LogP contribution in [0.3, 0.4) is 0 Å². The predicted octanol–water partition coefficient (Wildman–Crippen LogP) is 2.57. The van der Waals surface area contributed by atoms with E-state index < -0.39 is 0 Å². The van der Waals surface area contributed by atoms with Gasteiger partial charge in [0.2, 0.25) is 5.91 Å². The van der Waals surface area contributed by atoms with E-state index in [0.717, 1.165) is 32.5 Å². The highest BCUT2D eigenvalue weighted by atomic mass is 32.2. The SMILES string of the molecule is CC(=O)N1CCC2(CC1)SCCN2Cc1ccccc1. The van der Waals surface area contributed by atoms with Crippen LogP contribution in [-0.4, -0.2) is 46.0 Å². The molecule has 1 amide bonds. The van der Waals surface area contributed by atoms with Crippen molar-refractivity contribution in [2.24, 2.45) is 0 Å². The molecule has 0 radical (unpaired) electrons. The number of thioether (sulfide) groups is 1. The Morgan fingerprint density at radius 2 is 1.90 bits per heavy atom. The molecule has 2 aliphatic rings. The smallest absolute Gasteiger partial charge is 0.219 e. The van der Waals surface area contributed by atoms with Crippen LogP contribution in [0.5, 0.6) is 0 Å². The Labute approximate surface area is 125 Å². The molecule has 1 spiro atoms. The lowest BCUT2D eigenvalue weighted by Crippen LogP contribution is -2.51. The first-order chi connectivity index (χ1) is 9.70. The van der Waals surface area contributed by atoms with Crippen LogP contribution in [-0.2, 0) is 11.3 Å². The highest BCUT2D eigenvalue weighted by Gasteiger charge is 2.44. The van der Waals surface area contributed by atoms with E-state index >= 15 is 0 Å². The zero-order valence-electron chi connectivity index (χ0n) is 12.0. The van der Waals surface area contributed by atoms with Gasteiger partial charge in [-0.3, -0.25) is 9.69 Å². The third-order valence-electron chi connectivity index (χ3n) is 4.51. The van der Waals surface area contributed by atoms with Crippen LogP contribution in [0.25, 0.3) is 0 Å². The van der Waals surface area contributed by atoms with Gasteiger partial charge >= 0.3 is 0 Å². The number of hydrogen-bond donors (Lipinski definition) is 0. The molecule has 0 atom stereocenters. The molecule has 0 N–H and O–H groups in total. The fourth-order valence-electron chi connectivity index (χ4n) is 3.30. The molecule has 2 fully saturated rings. The van der Waals surface area contributed by atoms with E-state index in [1.807, 2.05) is 4.90 Å². The minimum atomic E-state index is 0.220. The lowest BCUT2D eigenvalue weighted by molar-refractivity contribution is -0.130. The minimum absolute atomic E-state index is 0.220. The summed E-state index contributed by atoms with van der Waals surface area (Å²) in [6.45, 7) is 5.70. The summed E-state index contributed by atoms with van der Waals surface area (Å²) in [5.74, 6) is 1.44. The molecule has 2 saturated heterocycles. The van der Waals surface area contributed by atoms with Crippen molar-refractivity contribution in [1.29, 1.82) is 0 Å². The van der Waals surface area contributed by atoms with Crippen LogP contribution in [0.15, 0.2) is 30.3 Å². The summed E-state index contributed by atoms with van der Waals surface area (Å²) in [4.78, 5) is 16.4. The number of amides is 1. The van der Waals surface area contributed by atoms with Crippen molar-refractivity contribution < 1.29 is 4.79 Å². The van der Waals surface area contributed by atoms with Crippen LogP contribution in [0, 0.1) is 0 Å². The number of carbonyl (C=O) groups is 1. The van der Waals surface area contributed by atoms with Gasteiger partial charge in [0.25, 0.3) is 0 Å². The van der Waals surface area contributed by atoms with Crippen LogP contribution in [0.2, 0.25) is 0 Å². The molecule has 3 nitrogen and oxygen atoms in total. The van der Waals surface area contributed by atoms with Gasteiger partial charge in [-0.1, -0.05) is 30.3 Å². The topological polar surface area (TPSA) is 23.6 Å². The second-order valence-corrected chi connectivity index (χ2v) is 7.16. The van der Waals surface area contributed by atoms with Crippen molar-refractivity contribution in [2.75, 3.05) is 25.4 Å². The molecule has 1 aromatic carbocycles. The van der Waals surface area contributed by atoms with Crippen molar-refractivity contribution in [1.82, 2.24) is 9.80 Å². The molecule has 0 aromatic heterocycles. The van der Waals surface area contributed by atoms with E-state index in [9.17, 15) is 4.79 Å². The number of hydrogen-bond acceptors (Lipinski definition) is 3. The van der Waals surface area contributed by atoms with E-state index in [1.54, 1.807) is 6.92 Å². The monoisotopic (exact) mass is 290 g/mol. The molecule has 3 rings (SSSR count). The molecule has 0 bridgehead atoms. The molecule has 0 unspecified atom stereocenters. The van der Waals surface area contributed by atoms with Crippen LogP contribution < -0.4 is 0 Å². The van der Waals surface area contributed by atoms with Gasteiger partial charge in [0.1, 0.15) is 0 Å². The molecular formula is C16H22N2OS. The zero-order valence-corrected chi connectivity index (χ0v) is 12.9. The average molecular weight is 290 g/mol. The summed E-state index contributed by atoms with van der Waals surface area (Å²) < 4.78 is 0. The molecule has 0 saturated carbocycles. The van der Waals surface area contributed by atoms with Crippen molar-refractivity contribution >= 4 is 17.7 Å². The van der Waals surface area contributed by atoms with Crippen LogP contribution in [0.4, 0.5) is 0 Å². The summed E-state index contributed by atoms with van der Waals surface area (Å²) in [6, 6.07) is 10.7. The van der Waals surface area contributed by atoms with Crippen LogP contribution in [0.1, 0.15) is 25.3 Å². The average Bonchev–Trinajstić information content (AvgIpc) is 2.83. The van der Waals surface area contributed by atoms with Gasteiger partial charge in [0, 0.05) is 38.9 Å². The first-order valence-electron chi connectivity index (χ1n) is 7.38. The third-order valence-corrected chi connectivity index (χ3v) is 6.11. The van der Waals surface area contributed by atoms with Crippen molar-refractivity contribution in [3.63, 3.8) is 0 Å².